The Morgan fingerprint density at radius 2 is 2.15 bits per heavy atom. The van der Waals surface area contributed by atoms with Gasteiger partial charge in [0.15, 0.2) is 0 Å². The van der Waals surface area contributed by atoms with Crippen molar-refractivity contribution in [2.45, 2.75) is 26.4 Å². The van der Waals surface area contributed by atoms with Crippen molar-refractivity contribution in [1.29, 1.82) is 0 Å². The van der Waals surface area contributed by atoms with Crippen LogP contribution in [0.25, 0.3) is 0 Å². The lowest BCUT2D eigenvalue weighted by Gasteiger charge is -2.24. The second-order valence-corrected chi connectivity index (χ2v) is 5.26. The van der Waals surface area contributed by atoms with Gasteiger partial charge in [-0.3, -0.25) is 0 Å². The number of imidazole rings is 1. The Labute approximate surface area is 119 Å². The minimum absolute atomic E-state index is 0.216. The molecule has 0 aliphatic rings. The molecule has 0 spiro atoms. The molecule has 0 aliphatic carbocycles. The number of rotatable bonds is 4. The average Bonchev–Trinajstić information content (AvgIpc) is 2.77. The third-order valence-electron chi connectivity index (χ3n) is 3.51. The normalized spacial score (nSPS) is 12.5. The molecule has 1 atom stereocenters. The highest BCUT2D eigenvalue weighted by atomic mass is 19.1. The van der Waals surface area contributed by atoms with Gasteiger partial charge in [-0.05, 0) is 37.1 Å². The molecular formula is C15H21FN4. The molecule has 0 fully saturated rings. The first-order valence-corrected chi connectivity index (χ1v) is 6.63. The molecule has 0 aliphatic heterocycles. The predicted molar refractivity (Wildman–Crippen MR) is 79.1 cm³/mol. The minimum atomic E-state index is -0.219. The molecule has 4 nitrogen and oxygen atoms in total. The summed E-state index contributed by atoms with van der Waals surface area (Å²) in [4.78, 5) is 6.36. The summed E-state index contributed by atoms with van der Waals surface area (Å²) < 4.78 is 15.7. The Balaban J connectivity index is 2.36. The van der Waals surface area contributed by atoms with Crippen LogP contribution < -0.4 is 10.6 Å². The minimum Gasteiger partial charge on any atom is -0.367 e. The summed E-state index contributed by atoms with van der Waals surface area (Å²) >= 11 is 0. The molecular weight excluding hydrogens is 255 g/mol. The van der Waals surface area contributed by atoms with E-state index in [2.05, 4.69) is 4.98 Å². The molecule has 2 N–H and O–H groups in total. The average molecular weight is 276 g/mol. The number of benzene rings is 1. The number of aryl methyl sites for hydroxylation is 2. The molecule has 108 valence electrons. The van der Waals surface area contributed by atoms with Crippen molar-refractivity contribution in [3.05, 3.63) is 47.3 Å². The summed E-state index contributed by atoms with van der Waals surface area (Å²) in [6, 6.07) is 3.16. The van der Waals surface area contributed by atoms with Crippen LogP contribution in [0.2, 0.25) is 0 Å². The van der Waals surface area contributed by atoms with Gasteiger partial charge < -0.3 is 15.2 Å². The summed E-state index contributed by atoms with van der Waals surface area (Å²) in [5.74, 6) is 0.733. The van der Waals surface area contributed by atoms with Gasteiger partial charge in [-0.2, -0.15) is 0 Å². The van der Waals surface area contributed by atoms with Crippen LogP contribution in [0.3, 0.4) is 0 Å². The van der Waals surface area contributed by atoms with Gasteiger partial charge in [0, 0.05) is 38.2 Å². The number of anilines is 1. The first kappa shape index (κ1) is 14.5. The number of halogens is 1. The van der Waals surface area contributed by atoms with Gasteiger partial charge in [0.25, 0.3) is 0 Å². The molecule has 1 heterocycles. The molecule has 0 saturated heterocycles. The Morgan fingerprint density at radius 3 is 2.70 bits per heavy atom. The number of aromatic nitrogens is 2. The molecule has 0 radical (unpaired) electrons. The Morgan fingerprint density at radius 1 is 1.45 bits per heavy atom. The third kappa shape index (κ3) is 2.82. The second-order valence-electron chi connectivity index (χ2n) is 5.26. The van der Waals surface area contributed by atoms with Gasteiger partial charge in [0.05, 0.1) is 6.54 Å². The fourth-order valence-corrected chi connectivity index (χ4v) is 2.22. The van der Waals surface area contributed by atoms with E-state index in [1.54, 1.807) is 13.1 Å². The lowest BCUT2D eigenvalue weighted by Crippen LogP contribution is -2.22. The highest BCUT2D eigenvalue weighted by Crippen LogP contribution is 2.28. The Bertz CT molecular complexity index is 604. The van der Waals surface area contributed by atoms with E-state index in [1.165, 1.54) is 6.07 Å². The van der Waals surface area contributed by atoms with Crippen LogP contribution in [-0.2, 0) is 13.6 Å². The topological polar surface area (TPSA) is 47.1 Å². The van der Waals surface area contributed by atoms with Crippen molar-refractivity contribution >= 4 is 5.69 Å². The molecule has 0 bridgehead atoms. The number of hydrogen-bond acceptors (Lipinski definition) is 3. The molecule has 2 aromatic rings. The summed E-state index contributed by atoms with van der Waals surface area (Å²) in [7, 11) is 3.92. The van der Waals surface area contributed by atoms with Gasteiger partial charge in [0.1, 0.15) is 11.6 Å². The first-order chi connectivity index (χ1) is 9.40. The van der Waals surface area contributed by atoms with Crippen LogP contribution in [0.15, 0.2) is 24.5 Å². The zero-order chi connectivity index (χ0) is 14.9. The highest BCUT2D eigenvalue weighted by Gasteiger charge is 2.15. The number of nitrogens with two attached hydrogens (primary N) is 1. The maximum absolute atomic E-state index is 13.7. The molecule has 2 rings (SSSR count). The predicted octanol–water partition coefficient (Wildman–Crippen LogP) is 2.52. The zero-order valence-electron chi connectivity index (χ0n) is 12.4. The lowest BCUT2D eigenvalue weighted by atomic mass is 10.0. The van der Waals surface area contributed by atoms with Crippen LogP contribution in [0.4, 0.5) is 10.1 Å². The molecule has 0 saturated carbocycles. The second kappa shape index (κ2) is 5.63. The van der Waals surface area contributed by atoms with Crippen LogP contribution in [-0.4, -0.2) is 16.6 Å². The standard InChI is InChI=1S/C15H21FN4/c1-10-7-14(12(11(2)17)8-13(10)16)20(4)9-15-18-5-6-19(15)3/h5-8,11H,9,17H2,1-4H3/t11-/m0/s1. The molecule has 0 amide bonds. The SMILES string of the molecule is Cc1cc(N(C)Cc2nccn2C)c([C@H](C)N)cc1F. The smallest absolute Gasteiger partial charge is 0.127 e. The first-order valence-electron chi connectivity index (χ1n) is 6.63. The zero-order valence-corrected chi connectivity index (χ0v) is 12.4. The van der Waals surface area contributed by atoms with E-state index in [9.17, 15) is 4.39 Å². The van der Waals surface area contributed by atoms with E-state index in [-0.39, 0.29) is 11.9 Å². The molecule has 0 unspecified atom stereocenters. The number of hydrogen-bond donors (Lipinski definition) is 1. The lowest BCUT2D eigenvalue weighted by molar-refractivity contribution is 0.612. The third-order valence-corrected chi connectivity index (χ3v) is 3.51. The quantitative estimate of drug-likeness (QED) is 0.933. The van der Waals surface area contributed by atoms with Crippen molar-refractivity contribution < 1.29 is 4.39 Å². The van der Waals surface area contributed by atoms with Gasteiger partial charge in [-0.25, -0.2) is 9.37 Å². The van der Waals surface area contributed by atoms with Crippen molar-refractivity contribution in [3.8, 4) is 0 Å². The molecule has 1 aromatic heterocycles. The molecule has 1 aromatic carbocycles. The van der Waals surface area contributed by atoms with E-state index in [1.807, 2.05) is 42.7 Å². The Hall–Kier alpha value is -1.88. The number of nitrogens with zero attached hydrogens (tertiary/aromatic N) is 3. The van der Waals surface area contributed by atoms with Crippen molar-refractivity contribution in [2.24, 2.45) is 12.8 Å². The van der Waals surface area contributed by atoms with E-state index in [4.69, 9.17) is 5.73 Å². The fraction of sp³-hybridized carbons (Fsp3) is 0.400. The highest BCUT2D eigenvalue weighted by molar-refractivity contribution is 5.56. The van der Waals surface area contributed by atoms with Crippen molar-refractivity contribution in [3.63, 3.8) is 0 Å². The van der Waals surface area contributed by atoms with Crippen LogP contribution in [0.1, 0.15) is 29.9 Å². The molecule has 5 heteroatoms. The van der Waals surface area contributed by atoms with E-state index < -0.39 is 0 Å². The maximum Gasteiger partial charge on any atom is 0.127 e. The fourth-order valence-electron chi connectivity index (χ4n) is 2.22. The van der Waals surface area contributed by atoms with Gasteiger partial charge in [-0.15, -0.1) is 0 Å². The van der Waals surface area contributed by atoms with Gasteiger partial charge in [-0.1, -0.05) is 0 Å². The largest absolute Gasteiger partial charge is 0.367 e. The maximum atomic E-state index is 13.7. The summed E-state index contributed by atoms with van der Waals surface area (Å²) in [6.45, 7) is 4.27. The van der Waals surface area contributed by atoms with E-state index in [0.29, 0.717) is 12.1 Å². The van der Waals surface area contributed by atoms with Crippen LogP contribution in [0, 0.1) is 12.7 Å². The van der Waals surface area contributed by atoms with Crippen LogP contribution in [0.5, 0.6) is 0 Å². The Kier molecular flexibility index (Phi) is 4.09. The van der Waals surface area contributed by atoms with E-state index in [0.717, 1.165) is 17.1 Å². The van der Waals surface area contributed by atoms with Crippen molar-refractivity contribution in [2.75, 3.05) is 11.9 Å². The van der Waals surface area contributed by atoms with Gasteiger partial charge in [0.2, 0.25) is 0 Å². The summed E-state index contributed by atoms with van der Waals surface area (Å²) in [6.07, 6.45) is 3.68. The molecule has 20 heavy (non-hydrogen) atoms. The van der Waals surface area contributed by atoms with Crippen molar-refractivity contribution in [1.82, 2.24) is 9.55 Å². The summed E-state index contributed by atoms with van der Waals surface area (Å²) in [5, 5.41) is 0. The summed E-state index contributed by atoms with van der Waals surface area (Å²) in [5.41, 5.74) is 8.34. The van der Waals surface area contributed by atoms with E-state index >= 15 is 0 Å². The van der Waals surface area contributed by atoms with Crippen LogP contribution >= 0.6 is 0 Å². The monoisotopic (exact) mass is 276 g/mol. The van der Waals surface area contributed by atoms with Gasteiger partial charge >= 0.3 is 0 Å².